The molecule has 0 fully saturated rings. The standard InChI is InChI=1S/C23H25F4N3O2.C7H6F2O/c1-14-28-11-15-18(9-6-10-19(15)30-14)29-13-22(31,23(25,26)27)12-21(2,3)16-7-5-8-17(24)20(16)32-4;1-10-7-5(8)3-2-4-6(7)9/h5-11,29,31H,12-13H2,1-4H3;2-4H,1H3. The summed E-state index contributed by atoms with van der Waals surface area (Å²) in [5.74, 6) is -1.98. The second-order valence-electron chi connectivity index (χ2n) is 10.2. The van der Waals surface area contributed by atoms with Gasteiger partial charge in [0, 0.05) is 22.8 Å². The fraction of sp³-hybridized carbons (Fsp3) is 0.333. The first-order valence-corrected chi connectivity index (χ1v) is 12.7. The van der Waals surface area contributed by atoms with E-state index in [9.17, 15) is 31.4 Å². The van der Waals surface area contributed by atoms with Gasteiger partial charge in [0.05, 0.1) is 26.3 Å². The van der Waals surface area contributed by atoms with Crippen LogP contribution in [0.4, 0.5) is 32.0 Å². The van der Waals surface area contributed by atoms with E-state index >= 15 is 0 Å². The van der Waals surface area contributed by atoms with Crippen LogP contribution < -0.4 is 14.8 Å². The number of aromatic nitrogens is 2. The molecule has 1 heterocycles. The van der Waals surface area contributed by atoms with Gasteiger partial charge in [0.2, 0.25) is 0 Å². The average Bonchev–Trinajstić information content (AvgIpc) is 2.91. The third-order valence-corrected chi connectivity index (χ3v) is 6.60. The molecule has 0 saturated carbocycles. The second-order valence-corrected chi connectivity index (χ2v) is 10.2. The second kappa shape index (κ2) is 12.8. The van der Waals surface area contributed by atoms with E-state index in [4.69, 9.17) is 4.74 Å². The lowest BCUT2D eigenvalue weighted by Gasteiger charge is -2.38. The molecule has 0 radical (unpaired) electrons. The number of anilines is 1. The predicted octanol–water partition coefficient (Wildman–Crippen LogP) is 7.13. The number of nitrogens with one attached hydrogen (secondary N) is 1. The number of aryl methyl sites for hydroxylation is 1. The van der Waals surface area contributed by atoms with E-state index < -0.39 is 47.6 Å². The molecule has 2 N–H and O–H groups in total. The van der Waals surface area contributed by atoms with Crippen molar-refractivity contribution in [1.29, 1.82) is 0 Å². The van der Waals surface area contributed by atoms with Crippen molar-refractivity contribution in [2.24, 2.45) is 0 Å². The number of para-hydroxylation sites is 2. The molecule has 1 atom stereocenters. The molecule has 1 unspecified atom stereocenters. The van der Waals surface area contributed by atoms with Gasteiger partial charge in [-0.3, -0.25) is 0 Å². The molecule has 0 spiro atoms. The van der Waals surface area contributed by atoms with E-state index in [2.05, 4.69) is 20.0 Å². The van der Waals surface area contributed by atoms with Crippen LogP contribution in [0.2, 0.25) is 0 Å². The highest BCUT2D eigenvalue weighted by atomic mass is 19.4. The maximum absolute atomic E-state index is 14.2. The van der Waals surface area contributed by atoms with Gasteiger partial charge in [0.25, 0.3) is 0 Å². The van der Waals surface area contributed by atoms with Crippen LogP contribution in [-0.2, 0) is 5.41 Å². The van der Waals surface area contributed by atoms with Crippen molar-refractivity contribution in [3.63, 3.8) is 0 Å². The Morgan fingerprint density at radius 1 is 0.833 bits per heavy atom. The highest BCUT2D eigenvalue weighted by Gasteiger charge is 2.56. The van der Waals surface area contributed by atoms with Gasteiger partial charge < -0.3 is 19.9 Å². The van der Waals surface area contributed by atoms with E-state index in [-0.39, 0.29) is 17.1 Å². The van der Waals surface area contributed by atoms with E-state index in [1.54, 1.807) is 25.1 Å². The van der Waals surface area contributed by atoms with Crippen molar-refractivity contribution in [2.75, 3.05) is 26.1 Å². The normalized spacial score (nSPS) is 13.1. The Balaban J connectivity index is 0.000000408. The van der Waals surface area contributed by atoms with Crippen LogP contribution in [0.15, 0.2) is 60.8 Å². The van der Waals surface area contributed by atoms with E-state index in [0.29, 0.717) is 22.4 Å². The van der Waals surface area contributed by atoms with Gasteiger partial charge in [-0.15, -0.1) is 0 Å². The molecule has 0 aliphatic heterocycles. The smallest absolute Gasteiger partial charge is 0.418 e. The number of nitrogens with zero attached hydrogens (tertiary/aromatic N) is 2. The summed E-state index contributed by atoms with van der Waals surface area (Å²) in [4.78, 5) is 8.37. The predicted molar refractivity (Wildman–Crippen MR) is 147 cm³/mol. The summed E-state index contributed by atoms with van der Waals surface area (Å²) in [5.41, 5.74) is -3.20. The highest BCUT2D eigenvalue weighted by molar-refractivity contribution is 5.90. The number of benzene rings is 3. The molecule has 0 aliphatic rings. The van der Waals surface area contributed by atoms with Crippen molar-refractivity contribution in [2.45, 2.75) is 44.4 Å². The van der Waals surface area contributed by atoms with E-state index in [1.807, 2.05) is 0 Å². The van der Waals surface area contributed by atoms with Gasteiger partial charge in [0.15, 0.2) is 34.6 Å². The molecule has 1 aromatic heterocycles. The molecule has 0 amide bonds. The summed E-state index contributed by atoms with van der Waals surface area (Å²) in [6, 6.07) is 12.6. The quantitative estimate of drug-likeness (QED) is 0.211. The Morgan fingerprint density at radius 2 is 1.38 bits per heavy atom. The van der Waals surface area contributed by atoms with Crippen LogP contribution in [-0.4, -0.2) is 47.6 Å². The van der Waals surface area contributed by atoms with Crippen molar-refractivity contribution in [3.05, 3.63) is 89.6 Å². The van der Waals surface area contributed by atoms with Crippen molar-refractivity contribution >= 4 is 16.6 Å². The number of fused-ring (bicyclic) bond motifs is 1. The zero-order valence-electron chi connectivity index (χ0n) is 23.6. The minimum atomic E-state index is -4.95. The first kappa shape index (κ1) is 32.5. The van der Waals surface area contributed by atoms with Crippen LogP contribution in [0.3, 0.4) is 0 Å². The Kier molecular flexibility index (Phi) is 9.93. The number of ether oxygens (including phenoxy) is 2. The summed E-state index contributed by atoms with van der Waals surface area (Å²) in [6.45, 7) is 3.92. The summed E-state index contributed by atoms with van der Waals surface area (Å²) < 4.78 is 90.8. The zero-order valence-corrected chi connectivity index (χ0v) is 23.6. The molecule has 0 aliphatic carbocycles. The summed E-state index contributed by atoms with van der Waals surface area (Å²) in [7, 11) is 2.47. The molecule has 3 aromatic carbocycles. The van der Waals surface area contributed by atoms with Crippen molar-refractivity contribution in [1.82, 2.24) is 9.97 Å². The molecular weight excluding hydrogens is 564 g/mol. The molecule has 4 aromatic rings. The van der Waals surface area contributed by atoms with Gasteiger partial charge >= 0.3 is 6.18 Å². The maximum Gasteiger partial charge on any atom is 0.418 e. The molecule has 226 valence electrons. The first-order valence-electron chi connectivity index (χ1n) is 12.7. The zero-order chi connectivity index (χ0) is 31.3. The molecule has 12 heteroatoms. The number of methoxy groups -OCH3 is 2. The number of alkyl halides is 3. The van der Waals surface area contributed by atoms with Gasteiger partial charge in [-0.25, -0.2) is 23.1 Å². The SMILES string of the molecule is COc1c(F)cccc1C(C)(C)CC(O)(CNc1cccc2nc(C)ncc12)C(F)(F)F.COc1c(F)cccc1F. The van der Waals surface area contributed by atoms with Gasteiger partial charge in [-0.05, 0) is 49.1 Å². The largest absolute Gasteiger partial charge is 0.493 e. The van der Waals surface area contributed by atoms with Crippen LogP contribution in [0.5, 0.6) is 11.5 Å². The molecular formula is C30H31F6N3O3. The monoisotopic (exact) mass is 595 g/mol. The topological polar surface area (TPSA) is 76.5 Å². The summed E-state index contributed by atoms with van der Waals surface area (Å²) >= 11 is 0. The fourth-order valence-electron chi connectivity index (χ4n) is 4.56. The lowest BCUT2D eigenvalue weighted by Crippen LogP contribution is -2.53. The van der Waals surface area contributed by atoms with Crippen LogP contribution >= 0.6 is 0 Å². The summed E-state index contributed by atoms with van der Waals surface area (Å²) in [6.07, 6.45) is -4.15. The minimum absolute atomic E-state index is 0.142. The molecule has 4 rings (SSSR count). The highest BCUT2D eigenvalue weighted by Crippen LogP contribution is 2.44. The lowest BCUT2D eigenvalue weighted by molar-refractivity contribution is -0.260. The average molecular weight is 596 g/mol. The van der Waals surface area contributed by atoms with Crippen LogP contribution in [0, 0.1) is 24.4 Å². The minimum Gasteiger partial charge on any atom is -0.493 e. The van der Waals surface area contributed by atoms with Crippen molar-refractivity contribution < 1.29 is 40.9 Å². The molecule has 0 saturated heterocycles. The Hall–Kier alpha value is -4.06. The Morgan fingerprint density at radius 3 is 1.93 bits per heavy atom. The summed E-state index contributed by atoms with van der Waals surface area (Å²) in [5, 5.41) is 14.1. The molecule has 42 heavy (non-hydrogen) atoms. The lowest BCUT2D eigenvalue weighted by atomic mass is 9.74. The van der Waals surface area contributed by atoms with Crippen LogP contribution in [0.25, 0.3) is 10.9 Å². The third-order valence-electron chi connectivity index (χ3n) is 6.60. The third kappa shape index (κ3) is 7.22. The fourth-order valence-corrected chi connectivity index (χ4v) is 4.56. The molecule has 0 bridgehead atoms. The van der Waals surface area contributed by atoms with E-state index in [0.717, 1.165) is 12.1 Å². The Bertz CT molecular complexity index is 1510. The molecule has 6 nitrogen and oxygen atoms in total. The number of hydrogen-bond acceptors (Lipinski definition) is 6. The number of aliphatic hydroxyl groups is 1. The van der Waals surface area contributed by atoms with E-state index in [1.165, 1.54) is 58.5 Å². The van der Waals surface area contributed by atoms with Gasteiger partial charge in [-0.1, -0.05) is 38.1 Å². The maximum atomic E-state index is 14.2. The van der Waals surface area contributed by atoms with Crippen molar-refractivity contribution in [3.8, 4) is 11.5 Å². The first-order chi connectivity index (χ1) is 19.6. The number of hydrogen-bond donors (Lipinski definition) is 2. The van der Waals surface area contributed by atoms with Crippen LogP contribution in [0.1, 0.15) is 31.7 Å². The van der Waals surface area contributed by atoms with Gasteiger partial charge in [-0.2, -0.15) is 13.2 Å². The van der Waals surface area contributed by atoms with Gasteiger partial charge in [0.1, 0.15) is 5.82 Å². The number of rotatable bonds is 8. The Labute approximate surface area is 239 Å². The number of halogens is 6.